The van der Waals surface area contributed by atoms with Gasteiger partial charge in [0.15, 0.2) is 5.69 Å². The van der Waals surface area contributed by atoms with Crippen LogP contribution in [-0.4, -0.2) is 19.0 Å². The van der Waals surface area contributed by atoms with Gasteiger partial charge in [-0.2, -0.15) is 0 Å². The van der Waals surface area contributed by atoms with Crippen molar-refractivity contribution in [2.24, 2.45) is 0 Å². The van der Waals surface area contributed by atoms with Gasteiger partial charge in [-0.1, -0.05) is 18.2 Å². The number of amides is 1. The number of carbonyl (C=O) groups excluding carboxylic acids is 1. The summed E-state index contributed by atoms with van der Waals surface area (Å²) >= 11 is 1.53. The van der Waals surface area contributed by atoms with Crippen LogP contribution in [0.3, 0.4) is 0 Å². The van der Waals surface area contributed by atoms with Gasteiger partial charge in [0, 0.05) is 23.4 Å². The predicted octanol–water partition coefficient (Wildman–Crippen LogP) is 3.64. The average molecular weight is 354 g/mol. The topological polar surface area (TPSA) is 62.6 Å². The van der Waals surface area contributed by atoms with Crippen LogP contribution in [0.5, 0.6) is 0 Å². The second-order valence-electron chi connectivity index (χ2n) is 6.11. The number of para-hydroxylation sites is 1. The predicted molar refractivity (Wildman–Crippen MR) is 101 cm³/mol. The van der Waals surface area contributed by atoms with Gasteiger partial charge in [-0.3, -0.25) is 4.79 Å². The molecular weight excluding hydrogens is 336 g/mol. The van der Waals surface area contributed by atoms with E-state index in [-0.39, 0.29) is 18.0 Å². The summed E-state index contributed by atoms with van der Waals surface area (Å²) in [7, 11) is 0. The van der Waals surface area contributed by atoms with Gasteiger partial charge in [0.05, 0.1) is 12.1 Å². The van der Waals surface area contributed by atoms with Gasteiger partial charge in [0.25, 0.3) is 0 Å². The molecule has 3 heterocycles. The van der Waals surface area contributed by atoms with E-state index in [9.17, 15) is 9.59 Å². The van der Waals surface area contributed by atoms with Crippen LogP contribution >= 0.6 is 11.3 Å². The van der Waals surface area contributed by atoms with E-state index in [1.54, 1.807) is 6.07 Å². The quantitative estimate of drug-likeness (QED) is 0.727. The summed E-state index contributed by atoms with van der Waals surface area (Å²) in [6, 6.07) is 11.3. The van der Waals surface area contributed by atoms with E-state index in [2.05, 4.69) is 10.2 Å². The number of nitrogens with one attached hydrogen (secondary N) is 1. The molecule has 1 amide bonds. The van der Waals surface area contributed by atoms with Crippen molar-refractivity contribution in [1.29, 1.82) is 0 Å². The van der Waals surface area contributed by atoms with E-state index in [1.807, 2.05) is 35.7 Å². The van der Waals surface area contributed by atoms with Crippen molar-refractivity contribution in [1.82, 2.24) is 0 Å². The highest BCUT2D eigenvalue weighted by Crippen LogP contribution is 2.34. The highest BCUT2D eigenvalue weighted by Gasteiger charge is 2.23. The second kappa shape index (κ2) is 6.72. The summed E-state index contributed by atoms with van der Waals surface area (Å²) < 4.78 is 5.43. The summed E-state index contributed by atoms with van der Waals surface area (Å²) in [6.45, 7) is 1.75. The third kappa shape index (κ3) is 3.17. The molecule has 0 unspecified atom stereocenters. The summed E-state index contributed by atoms with van der Waals surface area (Å²) in [5.74, 6) is -0.203. The number of nitrogens with zero attached hydrogens (tertiary/aromatic N) is 1. The Morgan fingerprint density at radius 3 is 2.72 bits per heavy atom. The molecule has 0 aliphatic carbocycles. The molecule has 0 atom stereocenters. The second-order valence-corrected chi connectivity index (χ2v) is 7.14. The molecule has 1 aliphatic rings. The van der Waals surface area contributed by atoms with Crippen LogP contribution in [0.1, 0.15) is 17.7 Å². The van der Waals surface area contributed by atoms with Gasteiger partial charge in [-0.15, -0.1) is 11.3 Å². The van der Waals surface area contributed by atoms with Gasteiger partial charge in [0.2, 0.25) is 5.91 Å². The van der Waals surface area contributed by atoms with E-state index in [0.717, 1.165) is 41.9 Å². The molecule has 4 rings (SSSR count). The maximum absolute atomic E-state index is 12.5. The zero-order chi connectivity index (χ0) is 17.2. The monoisotopic (exact) mass is 354 g/mol. The maximum Gasteiger partial charge on any atom is 0.362 e. The molecule has 0 radical (unpaired) electrons. The molecule has 1 N–H and O–H groups in total. The fourth-order valence-electron chi connectivity index (χ4n) is 3.27. The molecule has 3 aromatic rings. The zero-order valence-electron chi connectivity index (χ0n) is 13.7. The Bertz CT molecular complexity index is 956. The van der Waals surface area contributed by atoms with Crippen LogP contribution in [0.15, 0.2) is 51.0 Å². The highest BCUT2D eigenvalue weighted by molar-refractivity contribution is 7.10. The van der Waals surface area contributed by atoms with Crippen molar-refractivity contribution < 1.29 is 9.21 Å². The Morgan fingerprint density at radius 1 is 1.16 bits per heavy atom. The van der Waals surface area contributed by atoms with Gasteiger partial charge < -0.3 is 14.6 Å². The normalized spacial score (nSPS) is 14.2. The highest BCUT2D eigenvalue weighted by atomic mass is 32.1. The summed E-state index contributed by atoms with van der Waals surface area (Å²) in [4.78, 5) is 28.1. The van der Waals surface area contributed by atoms with Crippen molar-refractivity contribution >= 4 is 39.6 Å². The number of benzene rings is 1. The fraction of sp³-hybridized carbons (Fsp3) is 0.263. The van der Waals surface area contributed by atoms with Gasteiger partial charge >= 0.3 is 5.63 Å². The molecule has 5 nitrogen and oxygen atoms in total. The Kier molecular flexibility index (Phi) is 4.28. The third-order valence-corrected chi connectivity index (χ3v) is 5.26. The van der Waals surface area contributed by atoms with Crippen LogP contribution in [0.25, 0.3) is 11.0 Å². The molecule has 1 fully saturated rings. The largest absolute Gasteiger partial charge is 0.421 e. The first-order valence-corrected chi connectivity index (χ1v) is 9.23. The van der Waals surface area contributed by atoms with Gasteiger partial charge in [-0.05, 0) is 36.4 Å². The Morgan fingerprint density at radius 2 is 1.96 bits per heavy atom. The lowest BCUT2D eigenvalue weighted by molar-refractivity contribution is -0.115. The number of hydrogen-bond acceptors (Lipinski definition) is 5. The standard InChI is InChI=1S/C19H18N2O3S/c22-16(12-13-6-5-11-25-13)20-17-18(21-9-3-4-10-21)14-7-1-2-8-15(14)24-19(17)23/h1-2,5-8,11H,3-4,9-10,12H2,(H,20,22). The van der Waals surface area contributed by atoms with E-state index in [0.29, 0.717) is 5.58 Å². The molecule has 1 saturated heterocycles. The molecule has 0 saturated carbocycles. The number of hydrogen-bond donors (Lipinski definition) is 1. The summed E-state index contributed by atoms with van der Waals surface area (Å²) in [6.07, 6.45) is 2.41. The van der Waals surface area contributed by atoms with Gasteiger partial charge in [0.1, 0.15) is 5.58 Å². The number of carbonyl (C=O) groups is 1. The summed E-state index contributed by atoms with van der Waals surface area (Å²) in [5.41, 5.74) is 1.08. The lowest BCUT2D eigenvalue weighted by Gasteiger charge is -2.22. The van der Waals surface area contributed by atoms with Crippen LogP contribution < -0.4 is 15.8 Å². The first-order valence-electron chi connectivity index (χ1n) is 8.35. The number of anilines is 2. The first kappa shape index (κ1) is 15.9. The Balaban J connectivity index is 1.76. The molecular formula is C19H18N2O3S. The van der Waals surface area contributed by atoms with Crippen LogP contribution in [0.4, 0.5) is 11.4 Å². The van der Waals surface area contributed by atoms with Crippen molar-refractivity contribution in [2.75, 3.05) is 23.3 Å². The van der Waals surface area contributed by atoms with Crippen molar-refractivity contribution in [2.45, 2.75) is 19.3 Å². The third-order valence-electron chi connectivity index (χ3n) is 4.39. The van der Waals surface area contributed by atoms with Crippen molar-refractivity contribution in [3.63, 3.8) is 0 Å². The minimum atomic E-state index is -0.500. The molecule has 1 aliphatic heterocycles. The fourth-order valence-corrected chi connectivity index (χ4v) is 3.97. The lowest BCUT2D eigenvalue weighted by atomic mass is 10.1. The minimum absolute atomic E-state index is 0.203. The first-order chi connectivity index (χ1) is 12.2. The minimum Gasteiger partial charge on any atom is -0.421 e. The molecule has 0 spiro atoms. The van der Waals surface area contributed by atoms with E-state index in [1.165, 1.54) is 11.3 Å². The van der Waals surface area contributed by atoms with E-state index in [4.69, 9.17) is 4.42 Å². The molecule has 1 aromatic carbocycles. The molecule has 0 bridgehead atoms. The molecule has 25 heavy (non-hydrogen) atoms. The SMILES string of the molecule is O=C(Cc1cccs1)Nc1c(N2CCCC2)c2ccccc2oc1=O. The molecule has 128 valence electrons. The lowest BCUT2D eigenvalue weighted by Crippen LogP contribution is -2.26. The molecule has 2 aromatic heterocycles. The Labute approximate surface area is 148 Å². The Hall–Kier alpha value is -2.60. The summed E-state index contributed by atoms with van der Waals surface area (Å²) in [5, 5.41) is 5.60. The van der Waals surface area contributed by atoms with Crippen LogP contribution in [-0.2, 0) is 11.2 Å². The van der Waals surface area contributed by atoms with Crippen LogP contribution in [0, 0.1) is 0 Å². The van der Waals surface area contributed by atoms with E-state index >= 15 is 0 Å². The number of thiophene rings is 1. The van der Waals surface area contributed by atoms with Crippen LogP contribution in [0.2, 0.25) is 0 Å². The molecule has 6 heteroatoms. The average Bonchev–Trinajstić information content (AvgIpc) is 3.29. The smallest absolute Gasteiger partial charge is 0.362 e. The van der Waals surface area contributed by atoms with E-state index < -0.39 is 5.63 Å². The zero-order valence-corrected chi connectivity index (χ0v) is 14.5. The van der Waals surface area contributed by atoms with Crippen molar-refractivity contribution in [3.8, 4) is 0 Å². The number of rotatable bonds is 4. The van der Waals surface area contributed by atoms with Gasteiger partial charge in [-0.25, -0.2) is 4.79 Å². The van der Waals surface area contributed by atoms with Crippen molar-refractivity contribution in [3.05, 3.63) is 57.1 Å². The number of fused-ring (bicyclic) bond motifs is 1. The maximum atomic E-state index is 12.5.